The van der Waals surface area contributed by atoms with Gasteiger partial charge in [0.25, 0.3) is 0 Å². The molecule has 1 aliphatic rings. The number of nitrogens with zero attached hydrogens (tertiary/aromatic N) is 1. The highest BCUT2D eigenvalue weighted by atomic mass is 16.5. The van der Waals surface area contributed by atoms with Crippen molar-refractivity contribution in [2.24, 2.45) is 0 Å². The Morgan fingerprint density at radius 1 is 1.50 bits per heavy atom. The fourth-order valence-electron chi connectivity index (χ4n) is 2.36. The van der Waals surface area contributed by atoms with Crippen LogP contribution in [0.4, 0.5) is 5.69 Å². The van der Waals surface area contributed by atoms with Crippen LogP contribution in [0, 0.1) is 0 Å². The van der Waals surface area contributed by atoms with Crippen LogP contribution < -0.4 is 10.5 Å². The fraction of sp³-hybridized carbons (Fsp3) is 0.600. The molecule has 0 radical (unpaired) electrons. The van der Waals surface area contributed by atoms with E-state index in [9.17, 15) is 0 Å². The van der Waals surface area contributed by atoms with E-state index in [1.54, 1.807) is 0 Å². The van der Waals surface area contributed by atoms with Gasteiger partial charge in [-0.05, 0) is 25.5 Å². The molecule has 1 aromatic rings. The van der Waals surface area contributed by atoms with Gasteiger partial charge in [-0.1, -0.05) is 6.07 Å². The van der Waals surface area contributed by atoms with Gasteiger partial charge in [0, 0.05) is 30.9 Å². The third-order valence-corrected chi connectivity index (χ3v) is 3.55. The van der Waals surface area contributed by atoms with Crippen molar-refractivity contribution in [3.63, 3.8) is 0 Å². The molecule has 20 heavy (non-hydrogen) atoms. The van der Waals surface area contributed by atoms with Gasteiger partial charge in [0.15, 0.2) is 0 Å². The Balaban J connectivity index is 1.69. The molecule has 0 spiro atoms. The van der Waals surface area contributed by atoms with Crippen LogP contribution in [0.5, 0.6) is 5.75 Å². The molecule has 5 heteroatoms. The standard InChI is InChI=1S/C15H24N2O3/c1-12-11-20-15(10-18)9-17(12)6-3-7-19-14-5-2-4-13(16)8-14/h2,4-5,8,12,15,18H,3,6-7,9-11,16H2,1H3. The van der Waals surface area contributed by atoms with Crippen molar-refractivity contribution < 1.29 is 14.6 Å². The summed E-state index contributed by atoms with van der Waals surface area (Å²) >= 11 is 0. The Bertz CT molecular complexity index is 414. The topological polar surface area (TPSA) is 68.0 Å². The van der Waals surface area contributed by atoms with Crippen molar-refractivity contribution in [3.8, 4) is 5.75 Å². The van der Waals surface area contributed by atoms with Gasteiger partial charge < -0.3 is 20.3 Å². The average molecular weight is 280 g/mol. The van der Waals surface area contributed by atoms with Crippen molar-refractivity contribution in [2.45, 2.75) is 25.5 Å². The molecular formula is C15H24N2O3. The van der Waals surface area contributed by atoms with Crippen LogP contribution in [-0.4, -0.2) is 55.1 Å². The van der Waals surface area contributed by atoms with E-state index in [-0.39, 0.29) is 12.7 Å². The highest BCUT2D eigenvalue weighted by Crippen LogP contribution is 2.15. The van der Waals surface area contributed by atoms with Gasteiger partial charge in [-0.25, -0.2) is 0 Å². The SMILES string of the molecule is CC1COC(CO)CN1CCCOc1cccc(N)c1. The van der Waals surface area contributed by atoms with E-state index in [0.717, 1.165) is 30.9 Å². The highest BCUT2D eigenvalue weighted by molar-refractivity contribution is 5.43. The zero-order valence-corrected chi connectivity index (χ0v) is 12.0. The van der Waals surface area contributed by atoms with Crippen LogP contribution in [0.1, 0.15) is 13.3 Å². The third kappa shape index (κ3) is 4.37. The number of hydrogen-bond acceptors (Lipinski definition) is 5. The third-order valence-electron chi connectivity index (χ3n) is 3.55. The molecule has 0 saturated carbocycles. The number of anilines is 1. The molecule has 1 fully saturated rings. The number of nitrogens with two attached hydrogens (primary N) is 1. The van der Waals surface area contributed by atoms with E-state index >= 15 is 0 Å². The number of benzene rings is 1. The first-order chi connectivity index (χ1) is 9.69. The summed E-state index contributed by atoms with van der Waals surface area (Å²) in [6.07, 6.45) is 0.887. The number of ether oxygens (including phenoxy) is 2. The van der Waals surface area contributed by atoms with Crippen molar-refractivity contribution in [1.82, 2.24) is 4.90 Å². The molecular weight excluding hydrogens is 256 g/mol. The predicted octanol–water partition coefficient (Wildman–Crippen LogP) is 1.12. The Morgan fingerprint density at radius 2 is 2.35 bits per heavy atom. The molecule has 1 heterocycles. The Morgan fingerprint density at radius 3 is 3.10 bits per heavy atom. The molecule has 1 aromatic carbocycles. The van der Waals surface area contributed by atoms with Gasteiger partial charge in [-0.3, -0.25) is 4.90 Å². The Labute approximate surface area is 120 Å². The summed E-state index contributed by atoms with van der Waals surface area (Å²) < 4.78 is 11.2. The second-order valence-corrected chi connectivity index (χ2v) is 5.26. The minimum absolute atomic E-state index is 0.0546. The lowest BCUT2D eigenvalue weighted by Crippen LogP contribution is -2.49. The van der Waals surface area contributed by atoms with Crippen LogP contribution in [0.3, 0.4) is 0 Å². The molecule has 112 valence electrons. The maximum atomic E-state index is 9.15. The van der Waals surface area contributed by atoms with E-state index < -0.39 is 0 Å². The van der Waals surface area contributed by atoms with E-state index in [0.29, 0.717) is 19.3 Å². The van der Waals surface area contributed by atoms with Gasteiger partial charge in [-0.15, -0.1) is 0 Å². The summed E-state index contributed by atoms with van der Waals surface area (Å²) in [6, 6.07) is 7.87. The quantitative estimate of drug-likeness (QED) is 0.604. The molecule has 0 amide bonds. The second kappa shape index (κ2) is 7.47. The number of hydrogen-bond donors (Lipinski definition) is 2. The number of aliphatic hydroxyl groups is 1. The van der Waals surface area contributed by atoms with E-state index in [1.807, 2.05) is 24.3 Å². The summed E-state index contributed by atoms with van der Waals surface area (Å²) in [5.41, 5.74) is 6.42. The van der Waals surface area contributed by atoms with Gasteiger partial charge in [-0.2, -0.15) is 0 Å². The Hall–Kier alpha value is -1.30. The number of nitrogen functional groups attached to an aromatic ring is 1. The average Bonchev–Trinajstić information content (AvgIpc) is 2.45. The first kappa shape index (κ1) is 15.1. The lowest BCUT2D eigenvalue weighted by molar-refractivity contribution is -0.0784. The molecule has 0 aliphatic carbocycles. The number of aliphatic hydroxyl groups excluding tert-OH is 1. The van der Waals surface area contributed by atoms with Crippen molar-refractivity contribution in [1.29, 1.82) is 0 Å². The van der Waals surface area contributed by atoms with Gasteiger partial charge in [0.1, 0.15) is 5.75 Å². The molecule has 2 rings (SSSR count). The molecule has 2 atom stereocenters. The zero-order valence-electron chi connectivity index (χ0n) is 12.0. The fourth-order valence-corrected chi connectivity index (χ4v) is 2.36. The summed E-state index contributed by atoms with van der Waals surface area (Å²) in [6.45, 7) is 5.31. The summed E-state index contributed by atoms with van der Waals surface area (Å²) in [7, 11) is 0. The molecule has 5 nitrogen and oxygen atoms in total. The highest BCUT2D eigenvalue weighted by Gasteiger charge is 2.24. The van der Waals surface area contributed by atoms with Gasteiger partial charge in [0.05, 0.1) is 25.9 Å². The van der Waals surface area contributed by atoms with Crippen molar-refractivity contribution >= 4 is 5.69 Å². The van der Waals surface area contributed by atoms with Crippen LogP contribution in [0.2, 0.25) is 0 Å². The lowest BCUT2D eigenvalue weighted by atomic mass is 10.2. The first-order valence-corrected chi connectivity index (χ1v) is 7.14. The minimum Gasteiger partial charge on any atom is -0.493 e. The van der Waals surface area contributed by atoms with Gasteiger partial charge in [0.2, 0.25) is 0 Å². The monoisotopic (exact) mass is 280 g/mol. The first-order valence-electron chi connectivity index (χ1n) is 7.14. The molecule has 2 unspecified atom stereocenters. The van der Waals surface area contributed by atoms with Crippen molar-refractivity contribution in [3.05, 3.63) is 24.3 Å². The molecule has 1 saturated heterocycles. The zero-order chi connectivity index (χ0) is 14.4. The van der Waals surface area contributed by atoms with E-state index in [2.05, 4.69) is 11.8 Å². The van der Waals surface area contributed by atoms with Crippen molar-refractivity contribution in [2.75, 3.05) is 38.6 Å². The Kier molecular flexibility index (Phi) is 5.64. The number of rotatable bonds is 6. The largest absolute Gasteiger partial charge is 0.493 e. The molecule has 1 aliphatic heterocycles. The molecule has 0 aromatic heterocycles. The van der Waals surface area contributed by atoms with Gasteiger partial charge >= 0.3 is 0 Å². The normalized spacial score (nSPS) is 23.7. The maximum Gasteiger partial charge on any atom is 0.121 e. The predicted molar refractivity (Wildman–Crippen MR) is 78.8 cm³/mol. The smallest absolute Gasteiger partial charge is 0.121 e. The second-order valence-electron chi connectivity index (χ2n) is 5.26. The maximum absolute atomic E-state index is 9.15. The van der Waals surface area contributed by atoms with Crippen LogP contribution in [0.25, 0.3) is 0 Å². The molecule has 3 N–H and O–H groups in total. The van der Waals surface area contributed by atoms with E-state index in [1.165, 1.54) is 0 Å². The number of morpholine rings is 1. The molecule has 0 bridgehead atoms. The summed E-state index contributed by atoms with van der Waals surface area (Å²) in [5, 5.41) is 9.15. The van der Waals surface area contributed by atoms with Crippen LogP contribution in [0.15, 0.2) is 24.3 Å². The summed E-state index contributed by atoms with van der Waals surface area (Å²) in [4.78, 5) is 2.34. The lowest BCUT2D eigenvalue weighted by Gasteiger charge is -2.37. The van der Waals surface area contributed by atoms with E-state index in [4.69, 9.17) is 20.3 Å². The van der Waals surface area contributed by atoms with Crippen LogP contribution >= 0.6 is 0 Å². The minimum atomic E-state index is -0.0546. The summed E-state index contributed by atoms with van der Waals surface area (Å²) in [5.74, 6) is 0.813. The van der Waals surface area contributed by atoms with Crippen LogP contribution in [-0.2, 0) is 4.74 Å².